The molecule has 0 amide bonds. The molecule has 1 unspecified atom stereocenters. The van der Waals surface area contributed by atoms with Crippen LogP contribution in [0, 0.1) is 0 Å². The van der Waals surface area contributed by atoms with E-state index in [9.17, 15) is 4.79 Å². The minimum atomic E-state index is 0.0355. The van der Waals surface area contributed by atoms with E-state index in [2.05, 4.69) is 12.6 Å². The van der Waals surface area contributed by atoms with Crippen LogP contribution in [0.25, 0.3) is 0 Å². The largest absolute Gasteiger partial charge is 0.294 e. The number of rotatable bonds is 1. The summed E-state index contributed by atoms with van der Waals surface area (Å²) in [6, 6.07) is 0. The predicted octanol–water partition coefficient (Wildman–Crippen LogP) is 0.318. The van der Waals surface area contributed by atoms with Crippen LogP contribution in [-0.2, 0) is 4.79 Å². The molecule has 5 heavy (non-hydrogen) atoms. The van der Waals surface area contributed by atoms with Crippen molar-refractivity contribution in [1.82, 2.24) is 0 Å². The third-order valence-electron chi connectivity index (χ3n) is 0.156. The molecule has 3 heteroatoms. The zero-order valence-corrected chi connectivity index (χ0v) is 4.69. The summed E-state index contributed by atoms with van der Waals surface area (Å²) in [5.74, 6) is 0.324. The zero-order valence-electron chi connectivity index (χ0n) is 2.64. The van der Waals surface area contributed by atoms with Crippen molar-refractivity contribution in [1.29, 1.82) is 0 Å². The van der Waals surface area contributed by atoms with Gasteiger partial charge in [-0.1, -0.05) is 9.24 Å². The second-order valence-corrected chi connectivity index (χ2v) is 1.58. The lowest BCUT2D eigenvalue weighted by atomic mass is 10.9. The zero-order chi connectivity index (χ0) is 4.28. The maximum absolute atomic E-state index is 9.70. The Morgan fingerprint density at radius 1 is 2.00 bits per heavy atom. The van der Waals surface area contributed by atoms with Gasteiger partial charge in [0.15, 0.2) is 5.52 Å². The van der Waals surface area contributed by atoms with Crippen molar-refractivity contribution < 1.29 is 4.79 Å². The molecule has 0 heterocycles. The Labute approximate surface area is 38.8 Å². The van der Waals surface area contributed by atoms with Gasteiger partial charge in [-0.3, -0.25) is 4.79 Å². The van der Waals surface area contributed by atoms with Gasteiger partial charge in [0.1, 0.15) is 0 Å². The SMILES string of the molecule is O=C(P)CS. The highest BCUT2D eigenvalue weighted by atomic mass is 32.1. The topological polar surface area (TPSA) is 17.1 Å². The lowest BCUT2D eigenvalue weighted by Crippen LogP contribution is -1.80. The van der Waals surface area contributed by atoms with Crippen molar-refractivity contribution in [2.75, 3.05) is 5.75 Å². The first-order valence-corrected chi connectivity index (χ1v) is 2.37. The van der Waals surface area contributed by atoms with Gasteiger partial charge in [0.05, 0.1) is 5.75 Å². The van der Waals surface area contributed by atoms with Crippen molar-refractivity contribution >= 4 is 27.4 Å². The molecule has 30 valence electrons. The van der Waals surface area contributed by atoms with E-state index < -0.39 is 0 Å². The first-order valence-electron chi connectivity index (χ1n) is 1.16. The third-order valence-corrected chi connectivity index (χ3v) is 1.02. The van der Waals surface area contributed by atoms with Gasteiger partial charge in [-0.25, -0.2) is 0 Å². The van der Waals surface area contributed by atoms with Gasteiger partial charge in [0, 0.05) is 0 Å². The molecular formula is C2H5OPS. The number of carbonyl (C=O) groups excluding carboxylic acids is 1. The van der Waals surface area contributed by atoms with E-state index in [4.69, 9.17) is 0 Å². The number of carbonyl (C=O) groups is 1. The van der Waals surface area contributed by atoms with Crippen molar-refractivity contribution in [3.63, 3.8) is 0 Å². The summed E-state index contributed by atoms with van der Waals surface area (Å²) >= 11 is 3.65. The van der Waals surface area contributed by atoms with E-state index in [-0.39, 0.29) is 5.52 Å². The van der Waals surface area contributed by atoms with Crippen LogP contribution in [0.1, 0.15) is 0 Å². The molecule has 0 aliphatic heterocycles. The normalized spacial score (nSPS) is 7.60. The maximum atomic E-state index is 9.70. The van der Waals surface area contributed by atoms with Crippen LogP contribution in [0.3, 0.4) is 0 Å². The van der Waals surface area contributed by atoms with Crippen LogP contribution in [0.5, 0.6) is 0 Å². The summed E-state index contributed by atoms with van der Waals surface area (Å²) in [6.45, 7) is 0. The third kappa shape index (κ3) is 4.45. The Hall–Kier alpha value is 0.450. The summed E-state index contributed by atoms with van der Waals surface area (Å²) in [7, 11) is 2.02. The fourth-order valence-electron chi connectivity index (χ4n) is 0. The fraction of sp³-hybridized carbons (Fsp3) is 0.500. The number of hydrogen-bond acceptors (Lipinski definition) is 2. The van der Waals surface area contributed by atoms with E-state index >= 15 is 0 Å². The second kappa shape index (κ2) is 2.67. The maximum Gasteiger partial charge on any atom is 0.157 e. The highest BCUT2D eigenvalue weighted by Crippen LogP contribution is 1.84. The van der Waals surface area contributed by atoms with Gasteiger partial charge in [0.2, 0.25) is 0 Å². The first-order chi connectivity index (χ1) is 2.27. The Morgan fingerprint density at radius 2 is 2.20 bits per heavy atom. The molecule has 0 aliphatic rings. The Bertz CT molecular complexity index is 44.9. The lowest BCUT2D eigenvalue weighted by molar-refractivity contribution is -0.108. The molecule has 1 atom stereocenters. The first kappa shape index (κ1) is 5.45. The molecule has 0 saturated heterocycles. The summed E-state index contributed by atoms with van der Waals surface area (Å²) in [4.78, 5) is 9.70. The molecule has 0 aromatic carbocycles. The smallest absolute Gasteiger partial charge is 0.157 e. The summed E-state index contributed by atoms with van der Waals surface area (Å²) in [6.07, 6.45) is 0. The summed E-state index contributed by atoms with van der Waals surface area (Å²) in [5, 5.41) is 0. The van der Waals surface area contributed by atoms with Crippen molar-refractivity contribution in [2.24, 2.45) is 0 Å². The van der Waals surface area contributed by atoms with Gasteiger partial charge < -0.3 is 0 Å². The van der Waals surface area contributed by atoms with Crippen LogP contribution in [0.4, 0.5) is 0 Å². The standard InChI is InChI=1S/C2H5OPS/c3-2(4)1-5/h5H,1,4H2. The van der Waals surface area contributed by atoms with Gasteiger partial charge >= 0.3 is 0 Å². The average Bonchev–Trinajstić information content (AvgIpc) is 1.38. The molecule has 0 radical (unpaired) electrons. The Kier molecular flexibility index (Phi) is 2.92. The molecule has 0 rings (SSSR count). The summed E-state index contributed by atoms with van der Waals surface area (Å²) in [5.41, 5.74) is 0.0355. The monoisotopic (exact) mass is 108 g/mol. The van der Waals surface area contributed by atoms with E-state index in [1.165, 1.54) is 0 Å². The molecule has 0 spiro atoms. The number of thiol groups is 1. The molecule has 0 N–H and O–H groups in total. The van der Waals surface area contributed by atoms with E-state index in [0.29, 0.717) is 5.75 Å². The van der Waals surface area contributed by atoms with Crippen LogP contribution < -0.4 is 0 Å². The van der Waals surface area contributed by atoms with Crippen LogP contribution >= 0.6 is 21.9 Å². The van der Waals surface area contributed by atoms with Gasteiger partial charge in [-0.05, 0) is 0 Å². The molecule has 0 bridgehead atoms. The van der Waals surface area contributed by atoms with Crippen LogP contribution in [-0.4, -0.2) is 11.3 Å². The fourth-order valence-corrected chi connectivity index (χ4v) is 0. The lowest BCUT2D eigenvalue weighted by Gasteiger charge is -1.71. The van der Waals surface area contributed by atoms with E-state index in [0.717, 1.165) is 0 Å². The Morgan fingerprint density at radius 3 is 2.20 bits per heavy atom. The molecule has 0 saturated carbocycles. The molecular weight excluding hydrogens is 103 g/mol. The van der Waals surface area contributed by atoms with Crippen molar-refractivity contribution in [2.45, 2.75) is 0 Å². The second-order valence-electron chi connectivity index (χ2n) is 0.624. The molecule has 0 aliphatic carbocycles. The van der Waals surface area contributed by atoms with Crippen molar-refractivity contribution in [3.05, 3.63) is 0 Å². The van der Waals surface area contributed by atoms with Crippen LogP contribution in [0.2, 0.25) is 0 Å². The summed E-state index contributed by atoms with van der Waals surface area (Å²) < 4.78 is 0. The molecule has 0 aromatic heterocycles. The molecule has 1 nitrogen and oxygen atoms in total. The van der Waals surface area contributed by atoms with Gasteiger partial charge in [-0.2, -0.15) is 12.6 Å². The number of hydrogen-bond donors (Lipinski definition) is 1. The average molecular weight is 108 g/mol. The predicted molar refractivity (Wildman–Crippen MR) is 28.6 cm³/mol. The minimum absolute atomic E-state index is 0.0355. The van der Waals surface area contributed by atoms with E-state index in [1.54, 1.807) is 0 Å². The molecule has 0 fully saturated rings. The van der Waals surface area contributed by atoms with Crippen LogP contribution in [0.15, 0.2) is 0 Å². The van der Waals surface area contributed by atoms with Gasteiger partial charge in [0.25, 0.3) is 0 Å². The van der Waals surface area contributed by atoms with Gasteiger partial charge in [-0.15, -0.1) is 0 Å². The Balaban J connectivity index is 2.85. The minimum Gasteiger partial charge on any atom is -0.294 e. The highest BCUT2D eigenvalue weighted by Gasteiger charge is 1.77. The van der Waals surface area contributed by atoms with E-state index in [1.807, 2.05) is 9.24 Å². The van der Waals surface area contributed by atoms with Crippen molar-refractivity contribution in [3.8, 4) is 0 Å². The quantitative estimate of drug-likeness (QED) is 0.378. The molecule has 0 aromatic rings. The highest BCUT2D eigenvalue weighted by molar-refractivity contribution is 7.82.